The number of esters is 1. The summed E-state index contributed by atoms with van der Waals surface area (Å²) in [6.45, 7) is 3.60. The van der Waals surface area contributed by atoms with Crippen LogP contribution in [0.1, 0.15) is 25.3 Å². The highest BCUT2D eigenvalue weighted by atomic mass is 79.9. The number of hydrogen-bond donors (Lipinski definition) is 1. The van der Waals surface area contributed by atoms with E-state index in [4.69, 9.17) is 15.2 Å². The second-order valence-electron chi connectivity index (χ2n) is 4.67. The molecule has 0 amide bonds. The zero-order valence-electron chi connectivity index (χ0n) is 12.2. The van der Waals surface area contributed by atoms with Gasteiger partial charge < -0.3 is 15.2 Å². The van der Waals surface area contributed by atoms with Crippen molar-refractivity contribution in [3.8, 4) is 6.07 Å². The summed E-state index contributed by atoms with van der Waals surface area (Å²) in [6, 6.07) is 9.38. The number of nitrogens with zero attached hydrogens (tertiary/aromatic N) is 1. The fourth-order valence-electron chi connectivity index (χ4n) is 2.34. The van der Waals surface area contributed by atoms with E-state index in [1.54, 1.807) is 13.8 Å². The first-order chi connectivity index (χ1) is 10.5. The lowest BCUT2D eigenvalue weighted by atomic mass is 9.83. The zero-order chi connectivity index (χ0) is 16.3. The average Bonchev–Trinajstić information content (AvgIpc) is 2.47. The molecule has 1 aliphatic rings. The lowest BCUT2D eigenvalue weighted by Gasteiger charge is -2.26. The molecule has 0 fully saturated rings. The number of hydrogen-bond acceptors (Lipinski definition) is 5. The van der Waals surface area contributed by atoms with Gasteiger partial charge in [-0.3, -0.25) is 0 Å². The van der Waals surface area contributed by atoms with Crippen molar-refractivity contribution in [1.29, 1.82) is 5.26 Å². The molecule has 2 rings (SSSR count). The summed E-state index contributed by atoms with van der Waals surface area (Å²) in [7, 11) is 0. The predicted octanol–water partition coefficient (Wildman–Crippen LogP) is 3.09. The van der Waals surface area contributed by atoms with E-state index in [1.165, 1.54) is 0 Å². The van der Waals surface area contributed by atoms with E-state index in [0.717, 1.165) is 10.0 Å². The Morgan fingerprint density at radius 2 is 2.09 bits per heavy atom. The molecule has 0 bridgehead atoms. The first-order valence-corrected chi connectivity index (χ1v) is 7.49. The number of allylic oxidation sites excluding steroid dienone is 2. The highest BCUT2D eigenvalue weighted by molar-refractivity contribution is 9.10. The Morgan fingerprint density at radius 3 is 2.64 bits per heavy atom. The highest BCUT2D eigenvalue weighted by Gasteiger charge is 2.36. The number of carbonyl (C=O) groups excluding carboxylic acids is 1. The average molecular weight is 363 g/mol. The number of rotatable bonds is 3. The number of benzene rings is 1. The summed E-state index contributed by atoms with van der Waals surface area (Å²) >= 11 is 3.36. The van der Waals surface area contributed by atoms with Gasteiger partial charge in [0.05, 0.1) is 18.1 Å². The summed E-state index contributed by atoms with van der Waals surface area (Å²) < 4.78 is 11.3. The van der Waals surface area contributed by atoms with Crippen LogP contribution in [0.3, 0.4) is 0 Å². The van der Waals surface area contributed by atoms with Gasteiger partial charge in [-0.1, -0.05) is 28.1 Å². The molecule has 5 nitrogen and oxygen atoms in total. The van der Waals surface area contributed by atoms with Crippen LogP contribution in [0, 0.1) is 11.3 Å². The summed E-state index contributed by atoms with van der Waals surface area (Å²) in [5, 5.41) is 9.41. The van der Waals surface area contributed by atoms with Gasteiger partial charge in [-0.2, -0.15) is 5.26 Å². The SMILES string of the molecule is CCOC(=O)C1=C(C)OC(N)=C(C#N)[C@H]1c1ccc(Br)cc1. The van der Waals surface area contributed by atoms with Gasteiger partial charge in [-0.25, -0.2) is 4.79 Å². The van der Waals surface area contributed by atoms with Crippen molar-refractivity contribution in [3.63, 3.8) is 0 Å². The van der Waals surface area contributed by atoms with Crippen LogP contribution in [-0.2, 0) is 14.3 Å². The van der Waals surface area contributed by atoms with Crippen molar-refractivity contribution in [1.82, 2.24) is 0 Å². The normalized spacial score (nSPS) is 17.8. The summed E-state index contributed by atoms with van der Waals surface area (Å²) in [4.78, 5) is 12.3. The van der Waals surface area contributed by atoms with Crippen LogP contribution >= 0.6 is 15.9 Å². The van der Waals surface area contributed by atoms with Gasteiger partial charge in [0, 0.05) is 4.47 Å². The van der Waals surface area contributed by atoms with Gasteiger partial charge in [0.1, 0.15) is 17.4 Å². The molecule has 0 radical (unpaired) electrons. The number of nitriles is 1. The Hall–Kier alpha value is -2.26. The Morgan fingerprint density at radius 1 is 1.45 bits per heavy atom. The van der Waals surface area contributed by atoms with Gasteiger partial charge in [-0.05, 0) is 31.5 Å². The summed E-state index contributed by atoms with van der Waals surface area (Å²) in [5.41, 5.74) is 7.09. The topological polar surface area (TPSA) is 85.3 Å². The summed E-state index contributed by atoms with van der Waals surface area (Å²) in [5.74, 6) is -0.733. The molecule has 0 spiro atoms. The maximum atomic E-state index is 12.3. The lowest BCUT2D eigenvalue weighted by Crippen LogP contribution is -2.25. The van der Waals surface area contributed by atoms with E-state index < -0.39 is 11.9 Å². The third-order valence-corrected chi connectivity index (χ3v) is 3.83. The van der Waals surface area contributed by atoms with Gasteiger partial charge in [0.25, 0.3) is 0 Å². The fraction of sp³-hybridized carbons (Fsp3) is 0.250. The van der Waals surface area contributed by atoms with Crippen LogP contribution in [0.4, 0.5) is 0 Å². The smallest absolute Gasteiger partial charge is 0.338 e. The Kier molecular flexibility index (Phi) is 4.88. The molecule has 0 saturated heterocycles. The van der Waals surface area contributed by atoms with Crippen LogP contribution in [0.5, 0.6) is 0 Å². The Labute approximate surface area is 137 Å². The third-order valence-electron chi connectivity index (χ3n) is 3.30. The molecule has 0 saturated carbocycles. The minimum absolute atomic E-state index is 0.0148. The van der Waals surface area contributed by atoms with E-state index in [9.17, 15) is 10.1 Å². The molecular formula is C16H15BrN2O3. The number of nitrogens with two attached hydrogens (primary N) is 1. The molecule has 114 valence electrons. The van der Waals surface area contributed by atoms with Gasteiger partial charge in [-0.15, -0.1) is 0 Å². The van der Waals surface area contributed by atoms with E-state index in [0.29, 0.717) is 11.3 Å². The number of carbonyl (C=O) groups is 1. The third kappa shape index (κ3) is 3.00. The number of halogens is 1. The molecule has 1 aromatic rings. The predicted molar refractivity (Wildman–Crippen MR) is 84.1 cm³/mol. The molecular weight excluding hydrogens is 348 g/mol. The minimum Gasteiger partial charge on any atom is -0.463 e. The van der Waals surface area contributed by atoms with Crippen LogP contribution in [0.15, 0.2) is 51.5 Å². The van der Waals surface area contributed by atoms with Crippen LogP contribution < -0.4 is 5.73 Å². The minimum atomic E-state index is -0.592. The maximum absolute atomic E-state index is 12.3. The van der Waals surface area contributed by atoms with Gasteiger partial charge in [0.15, 0.2) is 0 Å². The van der Waals surface area contributed by atoms with Crippen molar-refractivity contribution >= 4 is 21.9 Å². The molecule has 1 heterocycles. The molecule has 2 N–H and O–H groups in total. The van der Waals surface area contributed by atoms with E-state index >= 15 is 0 Å². The molecule has 1 atom stereocenters. The van der Waals surface area contributed by atoms with E-state index in [2.05, 4.69) is 15.9 Å². The quantitative estimate of drug-likeness (QED) is 0.835. The van der Waals surface area contributed by atoms with Crippen molar-refractivity contribution in [3.05, 3.63) is 57.1 Å². The fourth-order valence-corrected chi connectivity index (χ4v) is 2.61. The molecule has 0 aliphatic carbocycles. The molecule has 0 unspecified atom stereocenters. The molecule has 1 aromatic carbocycles. The maximum Gasteiger partial charge on any atom is 0.338 e. The molecule has 0 aromatic heterocycles. The van der Waals surface area contributed by atoms with E-state index in [1.807, 2.05) is 30.3 Å². The molecule has 22 heavy (non-hydrogen) atoms. The summed E-state index contributed by atoms with van der Waals surface area (Å²) in [6.07, 6.45) is 0. The molecule has 1 aliphatic heterocycles. The Balaban J connectivity index is 2.59. The first-order valence-electron chi connectivity index (χ1n) is 6.70. The van der Waals surface area contributed by atoms with Gasteiger partial charge >= 0.3 is 5.97 Å². The van der Waals surface area contributed by atoms with Gasteiger partial charge in [0.2, 0.25) is 5.88 Å². The highest BCUT2D eigenvalue weighted by Crippen LogP contribution is 2.39. The van der Waals surface area contributed by atoms with Crippen LogP contribution in [-0.4, -0.2) is 12.6 Å². The Bertz CT molecular complexity index is 699. The van der Waals surface area contributed by atoms with Crippen LogP contribution in [0.2, 0.25) is 0 Å². The second-order valence-corrected chi connectivity index (χ2v) is 5.58. The lowest BCUT2D eigenvalue weighted by molar-refractivity contribution is -0.139. The zero-order valence-corrected chi connectivity index (χ0v) is 13.8. The standard InChI is InChI=1S/C16H15BrN2O3/c1-3-21-16(20)13-9(2)22-15(19)12(8-18)14(13)10-4-6-11(17)7-5-10/h4-7,14H,3,19H2,1-2H3/t14-/m1/s1. The van der Waals surface area contributed by atoms with Crippen LogP contribution in [0.25, 0.3) is 0 Å². The second kappa shape index (κ2) is 6.67. The van der Waals surface area contributed by atoms with Crippen molar-refractivity contribution in [2.45, 2.75) is 19.8 Å². The first kappa shape index (κ1) is 16.1. The van der Waals surface area contributed by atoms with E-state index in [-0.39, 0.29) is 18.1 Å². The van der Waals surface area contributed by atoms with Crippen molar-refractivity contribution < 1.29 is 14.3 Å². The number of ether oxygens (including phenoxy) is 2. The van der Waals surface area contributed by atoms with Crippen molar-refractivity contribution in [2.24, 2.45) is 5.73 Å². The monoisotopic (exact) mass is 362 g/mol. The molecule has 6 heteroatoms. The van der Waals surface area contributed by atoms with Crippen molar-refractivity contribution in [2.75, 3.05) is 6.61 Å². The largest absolute Gasteiger partial charge is 0.463 e.